The average molecular weight is 291 g/mol. The molecule has 0 aliphatic heterocycles. The number of carbonyl (C=O) groups excluding carboxylic acids is 1. The number of rotatable bonds is 5. The van der Waals surface area contributed by atoms with Crippen LogP contribution in [0.4, 0.5) is 0 Å². The number of carbonyl (C=O) groups is 2. The smallest absolute Gasteiger partial charge is 0.323 e. The zero-order chi connectivity index (χ0) is 15.4. The first-order chi connectivity index (χ1) is 10.0. The summed E-state index contributed by atoms with van der Waals surface area (Å²) in [4.78, 5) is 25.4. The maximum atomic E-state index is 12.8. The number of amides is 1. The van der Waals surface area contributed by atoms with Crippen molar-refractivity contribution in [2.24, 2.45) is 0 Å². The molecule has 0 saturated heterocycles. The highest BCUT2D eigenvalue weighted by Gasteiger charge is 2.30. The van der Waals surface area contributed by atoms with E-state index >= 15 is 0 Å². The normalized spacial score (nSPS) is 15.1. The van der Waals surface area contributed by atoms with Crippen molar-refractivity contribution in [2.75, 3.05) is 6.54 Å². The number of hydrogen-bond donors (Lipinski definition) is 1. The lowest BCUT2D eigenvalue weighted by atomic mass is 10.1. The molecule has 6 nitrogen and oxygen atoms in total. The van der Waals surface area contributed by atoms with Gasteiger partial charge in [0.15, 0.2) is 0 Å². The fourth-order valence-electron chi connectivity index (χ4n) is 2.84. The van der Waals surface area contributed by atoms with Gasteiger partial charge in [-0.2, -0.15) is 10.2 Å². The van der Waals surface area contributed by atoms with E-state index in [4.69, 9.17) is 5.11 Å². The lowest BCUT2D eigenvalue weighted by Crippen LogP contribution is -2.42. The summed E-state index contributed by atoms with van der Waals surface area (Å²) in [6.07, 6.45) is 4.43. The van der Waals surface area contributed by atoms with E-state index in [1.165, 1.54) is 4.90 Å². The standard InChI is InChI=1S/C15H21N3O3/c1-3-13-12(8-10(2)16-17-13)15(21)18(9-14(19)20)11-6-4-5-7-11/h8,11H,3-7,9H2,1-2H3,(H,19,20). The molecule has 1 aromatic rings. The molecule has 0 spiro atoms. The Labute approximate surface area is 124 Å². The molecule has 114 valence electrons. The van der Waals surface area contributed by atoms with Gasteiger partial charge in [0.25, 0.3) is 5.91 Å². The predicted molar refractivity (Wildman–Crippen MR) is 77.1 cm³/mol. The van der Waals surface area contributed by atoms with Gasteiger partial charge < -0.3 is 10.0 Å². The summed E-state index contributed by atoms with van der Waals surface area (Å²) in [5.74, 6) is -1.22. The highest BCUT2D eigenvalue weighted by Crippen LogP contribution is 2.25. The van der Waals surface area contributed by atoms with E-state index in [2.05, 4.69) is 10.2 Å². The Hall–Kier alpha value is -1.98. The molecule has 0 aromatic carbocycles. The van der Waals surface area contributed by atoms with Crippen LogP contribution in [0.15, 0.2) is 6.07 Å². The zero-order valence-corrected chi connectivity index (χ0v) is 12.5. The molecule has 1 amide bonds. The van der Waals surface area contributed by atoms with E-state index in [9.17, 15) is 9.59 Å². The number of carboxylic acids is 1. The second-order valence-corrected chi connectivity index (χ2v) is 5.46. The van der Waals surface area contributed by atoms with E-state index in [-0.39, 0.29) is 18.5 Å². The Balaban J connectivity index is 2.32. The number of aromatic nitrogens is 2. The predicted octanol–water partition coefficient (Wildman–Crippen LogP) is 1.82. The molecule has 1 aromatic heterocycles. The third-order valence-electron chi connectivity index (χ3n) is 3.89. The molecule has 21 heavy (non-hydrogen) atoms. The lowest BCUT2D eigenvalue weighted by Gasteiger charge is -2.28. The SMILES string of the molecule is CCc1nnc(C)cc1C(=O)N(CC(=O)O)C1CCCC1. The molecule has 6 heteroatoms. The van der Waals surface area contributed by atoms with Gasteiger partial charge in [0.1, 0.15) is 6.54 Å². The van der Waals surface area contributed by atoms with Gasteiger partial charge >= 0.3 is 5.97 Å². The van der Waals surface area contributed by atoms with Crippen LogP contribution in [0, 0.1) is 6.92 Å². The quantitative estimate of drug-likeness (QED) is 0.894. The Kier molecular flexibility index (Phi) is 4.88. The van der Waals surface area contributed by atoms with Crippen molar-refractivity contribution in [3.05, 3.63) is 23.0 Å². The molecular weight excluding hydrogens is 270 g/mol. The van der Waals surface area contributed by atoms with Crippen LogP contribution >= 0.6 is 0 Å². The van der Waals surface area contributed by atoms with Crippen LogP contribution < -0.4 is 0 Å². The van der Waals surface area contributed by atoms with Gasteiger partial charge in [0.05, 0.1) is 17.0 Å². The molecule has 0 atom stereocenters. The summed E-state index contributed by atoms with van der Waals surface area (Å²) in [6.45, 7) is 3.43. The van der Waals surface area contributed by atoms with Gasteiger partial charge in [-0.3, -0.25) is 9.59 Å². The van der Waals surface area contributed by atoms with E-state index in [0.29, 0.717) is 23.4 Å². The summed E-state index contributed by atoms with van der Waals surface area (Å²) in [6, 6.07) is 1.73. The topological polar surface area (TPSA) is 83.4 Å². The molecule has 1 heterocycles. The van der Waals surface area contributed by atoms with Crippen molar-refractivity contribution in [3.8, 4) is 0 Å². The second-order valence-electron chi connectivity index (χ2n) is 5.46. The van der Waals surface area contributed by atoms with E-state index < -0.39 is 5.97 Å². The lowest BCUT2D eigenvalue weighted by molar-refractivity contribution is -0.138. The number of nitrogens with zero attached hydrogens (tertiary/aromatic N) is 3. The van der Waals surface area contributed by atoms with Crippen LogP contribution in [0.3, 0.4) is 0 Å². The molecule has 1 N–H and O–H groups in total. The first kappa shape index (κ1) is 15.4. The maximum absolute atomic E-state index is 12.8. The fourth-order valence-corrected chi connectivity index (χ4v) is 2.84. The van der Waals surface area contributed by atoms with E-state index in [0.717, 1.165) is 25.7 Å². The monoisotopic (exact) mass is 291 g/mol. The fraction of sp³-hybridized carbons (Fsp3) is 0.600. The minimum absolute atomic E-state index is 0.0202. The Morgan fingerprint density at radius 1 is 1.33 bits per heavy atom. The highest BCUT2D eigenvalue weighted by atomic mass is 16.4. The Morgan fingerprint density at radius 2 is 2.00 bits per heavy atom. The molecule has 1 saturated carbocycles. The first-order valence-corrected chi connectivity index (χ1v) is 7.39. The molecule has 0 unspecified atom stereocenters. The van der Waals surface area contributed by atoms with Crippen molar-refractivity contribution in [1.82, 2.24) is 15.1 Å². The minimum Gasteiger partial charge on any atom is -0.480 e. The van der Waals surface area contributed by atoms with Gasteiger partial charge in [0, 0.05) is 6.04 Å². The summed E-state index contributed by atoms with van der Waals surface area (Å²) in [7, 11) is 0. The highest BCUT2D eigenvalue weighted by molar-refractivity contribution is 5.97. The summed E-state index contributed by atoms with van der Waals surface area (Å²) in [5, 5.41) is 17.1. The van der Waals surface area contributed by atoms with Crippen molar-refractivity contribution in [1.29, 1.82) is 0 Å². The summed E-state index contributed by atoms with van der Waals surface area (Å²) >= 11 is 0. The molecule has 1 fully saturated rings. The second kappa shape index (κ2) is 6.65. The van der Waals surface area contributed by atoms with Gasteiger partial charge in [-0.1, -0.05) is 19.8 Å². The number of carboxylic acid groups (broad SMARTS) is 1. The van der Waals surface area contributed by atoms with E-state index in [1.54, 1.807) is 13.0 Å². The zero-order valence-electron chi connectivity index (χ0n) is 12.5. The van der Waals surface area contributed by atoms with E-state index in [1.807, 2.05) is 6.92 Å². The van der Waals surface area contributed by atoms with Crippen LogP contribution in [-0.2, 0) is 11.2 Å². The molecule has 0 radical (unpaired) electrons. The van der Waals surface area contributed by atoms with Gasteiger partial charge in [-0.15, -0.1) is 0 Å². The van der Waals surface area contributed by atoms with Gasteiger partial charge in [0.2, 0.25) is 0 Å². The van der Waals surface area contributed by atoms with Crippen molar-refractivity contribution in [2.45, 2.75) is 52.0 Å². The van der Waals surface area contributed by atoms with Crippen molar-refractivity contribution in [3.63, 3.8) is 0 Å². The van der Waals surface area contributed by atoms with Crippen LogP contribution in [0.25, 0.3) is 0 Å². The third-order valence-corrected chi connectivity index (χ3v) is 3.89. The molecule has 0 bridgehead atoms. The largest absolute Gasteiger partial charge is 0.480 e. The average Bonchev–Trinajstić information content (AvgIpc) is 2.97. The van der Waals surface area contributed by atoms with Gasteiger partial charge in [-0.05, 0) is 32.3 Å². The molecule has 1 aliphatic carbocycles. The van der Waals surface area contributed by atoms with Crippen molar-refractivity contribution < 1.29 is 14.7 Å². The summed E-state index contributed by atoms with van der Waals surface area (Å²) < 4.78 is 0. The minimum atomic E-state index is -0.980. The first-order valence-electron chi connectivity index (χ1n) is 7.39. The maximum Gasteiger partial charge on any atom is 0.323 e. The summed E-state index contributed by atoms with van der Waals surface area (Å²) in [5.41, 5.74) is 1.77. The Morgan fingerprint density at radius 3 is 2.57 bits per heavy atom. The van der Waals surface area contributed by atoms with Crippen LogP contribution in [-0.4, -0.2) is 44.7 Å². The van der Waals surface area contributed by atoms with Gasteiger partial charge in [-0.25, -0.2) is 0 Å². The number of aryl methyl sites for hydroxylation is 2. The van der Waals surface area contributed by atoms with Crippen LogP contribution in [0.1, 0.15) is 54.4 Å². The third kappa shape index (κ3) is 3.56. The number of aliphatic carboxylic acids is 1. The van der Waals surface area contributed by atoms with Crippen LogP contribution in [0.2, 0.25) is 0 Å². The molecule has 2 rings (SSSR count). The molecule has 1 aliphatic rings. The van der Waals surface area contributed by atoms with Crippen molar-refractivity contribution >= 4 is 11.9 Å². The van der Waals surface area contributed by atoms with Crippen LogP contribution in [0.5, 0.6) is 0 Å². The molecular formula is C15H21N3O3. The Bertz CT molecular complexity index is 539. The number of hydrogen-bond acceptors (Lipinski definition) is 4.